The van der Waals surface area contributed by atoms with E-state index in [9.17, 15) is 9.59 Å². The van der Waals surface area contributed by atoms with Crippen molar-refractivity contribution in [3.63, 3.8) is 0 Å². The summed E-state index contributed by atoms with van der Waals surface area (Å²) in [6, 6.07) is 0. The minimum absolute atomic E-state index is 0.219. The zero-order valence-corrected chi connectivity index (χ0v) is 12.7. The molecule has 0 spiro atoms. The van der Waals surface area contributed by atoms with Crippen molar-refractivity contribution in [2.45, 2.75) is 39.3 Å². The van der Waals surface area contributed by atoms with Gasteiger partial charge in [0, 0.05) is 6.54 Å². The molecule has 112 valence electrons. The molecule has 1 rings (SSSR count). The highest BCUT2D eigenvalue weighted by molar-refractivity contribution is 6.40. The number of ether oxygens (including phenoxy) is 1. The van der Waals surface area contributed by atoms with Gasteiger partial charge in [-0.2, -0.15) is 0 Å². The van der Waals surface area contributed by atoms with Gasteiger partial charge in [-0.25, -0.2) is 4.98 Å². The average molecular weight is 323 g/mol. The third-order valence-corrected chi connectivity index (χ3v) is 3.49. The van der Waals surface area contributed by atoms with Crippen LogP contribution in [0.4, 0.5) is 0 Å². The molecule has 0 saturated carbocycles. The molecule has 1 atom stereocenters. The summed E-state index contributed by atoms with van der Waals surface area (Å²) in [5.41, 5.74) is 0. The van der Waals surface area contributed by atoms with E-state index >= 15 is 0 Å². The maximum absolute atomic E-state index is 11.6. The highest BCUT2D eigenvalue weighted by Crippen LogP contribution is 2.22. The molecule has 0 fully saturated rings. The largest absolute Gasteiger partial charge is 0.481 e. The number of carboxylic acid groups (broad SMARTS) is 1. The molecule has 6 nitrogen and oxygen atoms in total. The molecule has 0 radical (unpaired) electrons. The van der Waals surface area contributed by atoms with Gasteiger partial charge in [0.2, 0.25) is 0 Å². The van der Waals surface area contributed by atoms with Crippen LogP contribution in [0.1, 0.15) is 25.6 Å². The lowest BCUT2D eigenvalue weighted by molar-refractivity contribution is -0.144. The predicted octanol–water partition coefficient (Wildman–Crippen LogP) is 2.34. The fourth-order valence-electron chi connectivity index (χ4n) is 1.75. The van der Waals surface area contributed by atoms with Gasteiger partial charge < -0.3 is 14.4 Å². The van der Waals surface area contributed by atoms with Gasteiger partial charge in [0.25, 0.3) is 0 Å². The number of ketones is 1. The lowest BCUT2D eigenvalue weighted by atomic mass is 10.1. The molecule has 0 aliphatic heterocycles. The summed E-state index contributed by atoms with van der Waals surface area (Å²) in [5.74, 6) is -0.947. The number of Topliss-reactive ketones (excluding diaryl/α,β-unsaturated/α-hetero) is 1. The van der Waals surface area contributed by atoms with Gasteiger partial charge in [-0.3, -0.25) is 9.59 Å². The van der Waals surface area contributed by atoms with Crippen molar-refractivity contribution in [2.75, 3.05) is 6.61 Å². The SMILES string of the molecule is CCC(OCCn1c(C)nc(Cl)c1Cl)C(=O)CC(=O)O. The standard InChI is InChI=1S/C12H16Cl2N2O4/c1-3-9(8(17)6-10(18)19)20-5-4-16-7(2)15-11(13)12(16)14/h9H,3-6H2,1-2H3,(H,18,19). The van der Waals surface area contributed by atoms with E-state index in [2.05, 4.69) is 4.98 Å². The Labute approximate surface area is 126 Å². The molecular formula is C12H16Cl2N2O4. The number of halogens is 2. The summed E-state index contributed by atoms with van der Waals surface area (Å²) in [5, 5.41) is 9.12. The Kier molecular flexibility index (Phi) is 6.45. The van der Waals surface area contributed by atoms with Gasteiger partial charge in [-0.1, -0.05) is 30.1 Å². The predicted molar refractivity (Wildman–Crippen MR) is 74.3 cm³/mol. The van der Waals surface area contributed by atoms with Crippen LogP contribution in [0.3, 0.4) is 0 Å². The van der Waals surface area contributed by atoms with Crippen molar-refractivity contribution in [1.29, 1.82) is 0 Å². The summed E-state index contributed by atoms with van der Waals surface area (Å²) in [6.07, 6.45) is -0.831. The monoisotopic (exact) mass is 322 g/mol. The van der Waals surface area contributed by atoms with Crippen molar-refractivity contribution >= 4 is 35.0 Å². The van der Waals surface area contributed by atoms with Crippen molar-refractivity contribution in [1.82, 2.24) is 9.55 Å². The van der Waals surface area contributed by atoms with Crippen molar-refractivity contribution < 1.29 is 19.4 Å². The third-order valence-electron chi connectivity index (χ3n) is 2.75. The summed E-state index contributed by atoms with van der Waals surface area (Å²) in [4.78, 5) is 26.1. The highest BCUT2D eigenvalue weighted by atomic mass is 35.5. The summed E-state index contributed by atoms with van der Waals surface area (Å²) in [6.45, 7) is 4.12. The van der Waals surface area contributed by atoms with Gasteiger partial charge in [0.05, 0.1) is 6.61 Å². The topological polar surface area (TPSA) is 81.4 Å². The second-order valence-corrected chi connectivity index (χ2v) is 4.91. The Bertz CT molecular complexity index is 502. The van der Waals surface area contributed by atoms with E-state index in [1.165, 1.54) is 0 Å². The first-order chi connectivity index (χ1) is 9.36. The first kappa shape index (κ1) is 16.9. The normalized spacial score (nSPS) is 12.4. The number of hydrogen-bond donors (Lipinski definition) is 1. The highest BCUT2D eigenvalue weighted by Gasteiger charge is 2.20. The lowest BCUT2D eigenvalue weighted by Gasteiger charge is -2.15. The average Bonchev–Trinajstić information content (AvgIpc) is 2.59. The van der Waals surface area contributed by atoms with Crippen molar-refractivity contribution in [3.05, 3.63) is 16.1 Å². The van der Waals surface area contributed by atoms with Crippen molar-refractivity contribution in [2.24, 2.45) is 0 Å². The maximum atomic E-state index is 11.6. The van der Waals surface area contributed by atoms with Crippen LogP contribution in [0, 0.1) is 6.92 Å². The minimum atomic E-state index is -1.16. The second-order valence-electron chi connectivity index (χ2n) is 4.20. The van der Waals surface area contributed by atoms with Gasteiger partial charge in [0.1, 0.15) is 23.5 Å². The van der Waals surface area contributed by atoms with Gasteiger partial charge in [-0.05, 0) is 13.3 Å². The summed E-state index contributed by atoms with van der Waals surface area (Å²) >= 11 is 11.8. The number of nitrogens with zero attached hydrogens (tertiary/aromatic N) is 2. The Morgan fingerprint density at radius 3 is 2.55 bits per heavy atom. The molecule has 0 amide bonds. The number of aryl methyl sites for hydroxylation is 1. The number of carbonyl (C=O) groups is 2. The summed E-state index contributed by atoms with van der Waals surface area (Å²) < 4.78 is 7.08. The second kappa shape index (κ2) is 7.61. The zero-order chi connectivity index (χ0) is 15.3. The molecule has 0 aliphatic rings. The molecule has 0 bridgehead atoms. The van der Waals surface area contributed by atoms with E-state index in [-0.39, 0.29) is 11.8 Å². The molecule has 20 heavy (non-hydrogen) atoms. The molecular weight excluding hydrogens is 307 g/mol. The number of hydrogen-bond acceptors (Lipinski definition) is 4. The molecule has 1 unspecified atom stereocenters. The van der Waals surface area contributed by atoms with Gasteiger partial charge in [0.15, 0.2) is 10.9 Å². The molecule has 1 heterocycles. The molecule has 0 aromatic carbocycles. The Balaban J connectivity index is 2.53. The van der Waals surface area contributed by atoms with E-state index in [0.717, 1.165) is 0 Å². The summed E-state index contributed by atoms with van der Waals surface area (Å²) in [7, 11) is 0. The van der Waals surface area contributed by atoms with Gasteiger partial charge >= 0.3 is 5.97 Å². The van der Waals surface area contributed by atoms with Crippen LogP contribution in [0.2, 0.25) is 10.3 Å². The van der Waals surface area contributed by atoms with E-state index in [0.29, 0.717) is 23.9 Å². The van der Waals surface area contributed by atoms with E-state index < -0.39 is 24.3 Å². The number of imidazole rings is 1. The number of carboxylic acids is 1. The molecule has 1 aromatic heterocycles. The molecule has 1 aromatic rings. The lowest BCUT2D eigenvalue weighted by Crippen LogP contribution is -2.27. The quantitative estimate of drug-likeness (QED) is 0.743. The zero-order valence-electron chi connectivity index (χ0n) is 11.2. The van der Waals surface area contributed by atoms with E-state index in [4.69, 9.17) is 33.0 Å². The maximum Gasteiger partial charge on any atom is 0.310 e. The first-order valence-corrected chi connectivity index (χ1v) is 6.86. The fourth-order valence-corrected chi connectivity index (χ4v) is 2.22. The third kappa shape index (κ3) is 4.47. The number of aliphatic carboxylic acids is 1. The van der Waals surface area contributed by atoms with Crippen LogP contribution < -0.4 is 0 Å². The number of carbonyl (C=O) groups excluding carboxylic acids is 1. The molecule has 8 heteroatoms. The number of aromatic nitrogens is 2. The van der Waals surface area contributed by atoms with Crippen LogP contribution in [0.25, 0.3) is 0 Å². The van der Waals surface area contributed by atoms with Crippen LogP contribution in [0.5, 0.6) is 0 Å². The number of rotatable bonds is 8. The minimum Gasteiger partial charge on any atom is -0.481 e. The van der Waals surface area contributed by atoms with E-state index in [1.807, 2.05) is 0 Å². The Morgan fingerprint density at radius 2 is 2.10 bits per heavy atom. The van der Waals surface area contributed by atoms with E-state index in [1.54, 1.807) is 18.4 Å². The van der Waals surface area contributed by atoms with Crippen LogP contribution in [0.15, 0.2) is 0 Å². The molecule has 0 saturated heterocycles. The fraction of sp³-hybridized carbons (Fsp3) is 0.583. The Morgan fingerprint density at radius 1 is 1.45 bits per heavy atom. The van der Waals surface area contributed by atoms with Crippen molar-refractivity contribution in [3.8, 4) is 0 Å². The molecule has 1 N–H and O–H groups in total. The van der Waals surface area contributed by atoms with Gasteiger partial charge in [-0.15, -0.1) is 0 Å². The van der Waals surface area contributed by atoms with Crippen LogP contribution in [-0.2, 0) is 20.9 Å². The first-order valence-electron chi connectivity index (χ1n) is 6.11. The molecule has 0 aliphatic carbocycles. The van der Waals surface area contributed by atoms with Crippen LogP contribution in [-0.4, -0.2) is 39.1 Å². The van der Waals surface area contributed by atoms with Crippen LogP contribution >= 0.6 is 23.2 Å². The Hall–Kier alpha value is -1.11. The smallest absolute Gasteiger partial charge is 0.310 e.